The maximum atomic E-state index is 12.0. The van der Waals surface area contributed by atoms with Crippen molar-refractivity contribution in [3.05, 3.63) is 65.0 Å². The second-order valence-electron chi connectivity index (χ2n) is 3.95. The highest BCUT2D eigenvalue weighted by Gasteiger charge is 2.16. The van der Waals surface area contributed by atoms with Crippen LogP contribution in [0.2, 0.25) is 0 Å². The zero-order valence-corrected chi connectivity index (χ0v) is 11.0. The quantitative estimate of drug-likeness (QED) is 0.594. The highest BCUT2D eigenvalue weighted by Crippen LogP contribution is 2.11. The van der Waals surface area contributed by atoms with Crippen LogP contribution in [-0.4, -0.2) is 14.3 Å². The molecule has 0 spiro atoms. The minimum Gasteiger partial charge on any atom is -0.763 e. The number of aryl methyl sites for hydroxylation is 1. The number of sulfonamides is 1. The van der Waals surface area contributed by atoms with Crippen LogP contribution in [0.25, 0.3) is 5.41 Å². The number of aromatic nitrogens is 1. The molecule has 0 amide bonds. The van der Waals surface area contributed by atoms with E-state index in [0.29, 0.717) is 5.22 Å². The predicted molar refractivity (Wildman–Crippen MR) is 69.9 cm³/mol. The van der Waals surface area contributed by atoms with Crippen molar-refractivity contribution in [1.82, 2.24) is 0 Å². The van der Waals surface area contributed by atoms with Gasteiger partial charge < -0.3 is 5.41 Å². The highest BCUT2D eigenvalue weighted by molar-refractivity contribution is 7.89. The molecule has 0 saturated heterocycles. The summed E-state index contributed by atoms with van der Waals surface area (Å²) in [5, 5.41) is 9.10. The number of pyridine rings is 1. The number of benzene rings is 1. The number of hydrogen-bond donors (Lipinski definition) is 0. The molecule has 0 atom stereocenters. The molecule has 0 N–H and O–H groups in total. The molecular weight excluding hydrogens is 262 g/mol. The molecule has 2 rings (SSSR count). The largest absolute Gasteiger partial charge is 0.763 e. The van der Waals surface area contributed by atoms with Gasteiger partial charge in [0.1, 0.15) is 4.52 Å². The van der Waals surface area contributed by atoms with Crippen LogP contribution in [0.5, 0.6) is 0 Å². The van der Waals surface area contributed by atoms with Gasteiger partial charge in [0.2, 0.25) is 12.4 Å². The molecule has 19 heavy (non-hydrogen) atoms. The van der Waals surface area contributed by atoms with Gasteiger partial charge in [0, 0.05) is 17.4 Å². The molecule has 1 aromatic carbocycles. The van der Waals surface area contributed by atoms with Crippen LogP contribution in [0, 0.1) is 6.92 Å². The second kappa shape index (κ2) is 5.14. The lowest BCUT2D eigenvalue weighted by molar-refractivity contribution is -0.538. The Morgan fingerprint density at radius 3 is 2.21 bits per heavy atom. The van der Waals surface area contributed by atoms with Crippen LogP contribution in [0.1, 0.15) is 5.56 Å². The summed E-state index contributed by atoms with van der Waals surface area (Å²) in [6, 6.07) is 9.44. The van der Waals surface area contributed by atoms with E-state index in [1.807, 2.05) is 12.8 Å². The maximum Gasteiger partial charge on any atom is 0.336 e. The topological polar surface area (TPSA) is 74.7 Å². The van der Waals surface area contributed by atoms with Crippen molar-refractivity contribution in [2.45, 2.75) is 11.8 Å². The fraction of sp³-hybridized carbons (Fsp3) is 0.0769. The summed E-state index contributed by atoms with van der Waals surface area (Å²) in [4.78, 5) is 0.134. The summed E-state index contributed by atoms with van der Waals surface area (Å²) in [7, 11) is -3.74. The molecule has 0 aliphatic carbocycles. The first-order chi connectivity index (χ1) is 9.01. The third-order valence-corrected chi connectivity index (χ3v) is 3.73. The van der Waals surface area contributed by atoms with E-state index >= 15 is 0 Å². The zero-order valence-electron chi connectivity index (χ0n) is 10.2. The third kappa shape index (κ3) is 3.13. The molecule has 1 heterocycles. The van der Waals surface area contributed by atoms with Gasteiger partial charge in [-0.2, -0.15) is 8.42 Å². The van der Waals surface area contributed by atoms with E-state index in [0.717, 1.165) is 9.93 Å². The Kier molecular flexibility index (Phi) is 3.55. The predicted octanol–water partition coefficient (Wildman–Crippen LogP) is 0.614. The molecule has 0 aliphatic heterocycles. The molecule has 96 valence electrons. The summed E-state index contributed by atoms with van der Waals surface area (Å²) < 4.78 is 28.8. The van der Waals surface area contributed by atoms with Crippen molar-refractivity contribution in [3.8, 4) is 0 Å². The van der Waals surface area contributed by atoms with Crippen molar-refractivity contribution in [3.63, 3.8) is 0 Å². The van der Waals surface area contributed by atoms with E-state index in [1.165, 1.54) is 36.7 Å². The van der Waals surface area contributed by atoms with E-state index in [4.69, 9.17) is 5.41 Å². The van der Waals surface area contributed by atoms with E-state index in [1.54, 1.807) is 12.1 Å². The number of nitrogens with zero attached hydrogens (tertiary/aromatic N) is 3. The SMILES string of the molecule is Cc1ccc(S(=O)(=O)N=[n+]2ccc(=C=[N-])cc2)cc1. The molecular formula is C13H11N3O2S. The Morgan fingerprint density at radius 1 is 1.11 bits per heavy atom. The van der Waals surface area contributed by atoms with Crippen molar-refractivity contribution in [2.24, 2.45) is 4.52 Å². The molecule has 0 aliphatic rings. The molecule has 1 aromatic heterocycles. The fourth-order valence-corrected chi connectivity index (χ4v) is 2.36. The molecule has 5 nitrogen and oxygen atoms in total. The molecule has 0 unspecified atom stereocenters. The third-order valence-electron chi connectivity index (χ3n) is 2.46. The smallest absolute Gasteiger partial charge is 0.336 e. The number of rotatable bonds is 2. The summed E-state index contributed by atoms with van der Waals surface area (Å²) in [6.07, 6.45) is 2.84. The molecule has 0 radical (unpaired) electrons. The van der Waals surface area contributed by atoms with Gasteiger partial charge in [-0.05, 0) is 23.4 Å². The Balaban J connectivity index is 2.50. The van der Waals surface area contributed by atoms with Crippen LogP contribution in [0.15, 0.2) is 58.2 Å². The van der Waals surface area contributed by atoms with Crippen LogP contribution in [0.3, 0.4) is 0 Å². The van der Waals surface area contributed by atoms with E-state index < -0.39 is 10.0 Å². The number of hydrogen-bond acceptors (Lipinski definition) is 2. The normalized spacial score (nSPS) is 10.8. The van der Waals surface area contributed by atoms with Crippen molar-refractivity contribution in [2.75, 3.05) is 0 Å². The summed E-state index contributed by atoms with van der Waals surface area (Å²) in [5.41, 5.74) is 0.977. The van der Waals surface area contributed by atoms with Gasteiger partial charge in [0.25, 0.3) is 0 Å². The van der Waals surface area contributed by atoms with Gasteiger partial charge in [0.05, 0.1) is 4.90 Å². The summed E-state index contributed by atoms with van der Waals surface area (Å²) in [6.45, 7) is 1.88. The highest BCUT2D eigenvalue weighted by atomic mass is 32.2. The maximum absolute atomic E-state index is 12.0. The lowest BCUT2D eigenvalue weighted by Crippen LogP contribution is -2.21. The Labute approximate surface area is 110 Å². The molecule has 0 saturated carbocycles. The van der Waals surface area contributed by atoms with Gasteiger partial charge in [-0.3, -0.25) is 5.87 Å². The summed E-state index contributed by atoms with van der Waals surface area (Å²) >= 11 is 0. The van der Waals surface area contributed by atoms with Crippen molar-refractivity contribution in [1.29, 1.82) is 0 Å². The first-order valence-corrected chi connectivity index (χ1v) is 6.92. The average Bonchev–Trinajstić information content (AvgIpc) is 2.40. The van der Waals surface area contributed by atoms with Gasteiger partial charge in [-0.15, -0.1) is 0 Å². The molecule has 6 heteroatoms. The minimum atomic E-state index is -3.74. The van der Waals surface area contributed by atoms with Crippen LogP contribution < -0.4 is 9.58 Å². The second-order valence-corrected chi connectivity index (χ2v) is 5.53. The van der Waals surface area contributed by atoms with Gasteiger partial charge in [-0.1, -0.05) is 17.7 Å². The van der Waals surface area contributed by atoms with Gasteiger partial charge in [0.15, 0.2) is 0 Å². The Bertz CT molecular complexity index is 813. The first kappa shape index (κ1) is 13.1. The lowest BCUT2D eigenvalue weighted by atomic mass is 10.2. The Hall–Kier alpha value is -2.30. The van der Waals surface area contributed by atoms with E-state index in [9.17, 15) is 8.42 Å². The first-order valence-electron chi connectivity index (χ1n) is 5.48. The van der Waals surface area contributed by atoms with Crippen molar-refractivity contribution < 1.29 is 12.8 Å². The van der Waals surface area contributed by atoms with Crippen LogP contribution in [0.4, 0.5) is 0 Å². The Morgan fingerprint density at radius 2 is 1.68 bits per heavy atom. The van der Waals surface area contributed by atoms with Crippen molar-refractivity contribution >= 4 is 15.9 Å². The van der Waals surface area contributed by atoms with Crippen LogP contribution >= 0.6 is 0 Å². The zero-order chi connectivity index (χ0) is 13.9. The molecule has 0 bridgehead atoms. The van der Waals surface area contributed by atoms with Crippen LogP contribution in [-0.2, 0) is 10.0 Å². The van der Waals surface area contributed by atoms with E-state index in [2.05, 4.69) is 4.52 Å². The van der Waals surface area contributed by atoms with Gasteiger partial charge >= 0.3 is 10.0 Å². The monoisotopic (exact) mass is 273 g/mol. The summed E-state index contributed by atoms with van der Waals surface area (Å²) in [5.74, 6) is 1.95. The van der Waals surface area contributed by atoms with E-state index in [-0.39, 0.29) is 4.90 Å². The molecule has 0 fully saturated rings. The lowest BCUT2D eigenvalue weighted by Gasteiger charge is -1.95. The molecule has 2 aromatic rings. The van der Waals surface area contributed by atoms with Gasteiger partial charge in [-0.25, -0.2) is 0 Å². The standard InChI is InChI=1S/C13H11N3O2S/c1-11-2-4-13(5-3-11)19(17,18)15-16-8-6-12(10-14)7-9-16/h2-9H,1H3. The fourth-order valence-electron chi connectivity index (χ4n) is 1.43. The minimum absolute atomic E-state index is 0.134. The average molecular weight is 273 g/mol.